The molecule has 2 aromatic rings. The Bertz CT molecular complexity index is 1090. The average molecular weight is 475 g/mol. The van der Waals surface area contributed by atoms with Gasteiger partial charge in [0.1, 0.15) is 11.4 Å². The molecule has 6 nitrogen and oxygen atoms in total. The molecular formula is C24H24Cl2N2O4. The first-order chi connectivity index (χ1) is 15.2. The molecule has 1 spiro atoms. The topological polar surface area (TPSA) is 75.7 Å². The van der Waals surface area contributed by atoms with E-state index in [9.17, 15) is 14.4 Å². The van der Waals surface area contributed by atoms with Crippen molar-refractivity contribution < 1.29 is 19.1 Å². The van der Waals surface area contributed by atoms with E-state index in [0.717, 1.165) is 11.1 Å². The number of amides is 2. The predicted molar refractivity (Wildman–Crippen MR) is 123 cm³/mol. The lowest BCUT2D eigenvalue weighted by Gasteiger charge is -2.44. The van der Waals surface area contributed by atoms with Crippen LogP contribution < -0.4 is 10.1 Å². The minimum Gasteiger partial charge on any atom is -0.486 e. The van der Waals surface area contributed by atoms with E-state index in [4.69, 9.17) is 27.9 Å². The number of fused-ring (bicyclic) bond motifs is 1. The molecule has 4 rings (SSSR count). The third-order valence-electron chi connectivity index (χ3n) is 6.27. The molecule has 1 fully saturated rings. The van der Waals surface area contributed by atoms with E-state index in [1.54, 1.807) is 29.2 Å². The summed E-state index contributed by atoms with van der Waals surface area (Å²) in [6.07, 6.45) is 1.38. The van der Waals surface area contributed by atoms with Crippen LogP contribution in [0.5, 0.6) is 5.75 Å². The Labute approximate surface area is 196 Å². The maximum absolute atomic E-state index is 12.9. The molecule has 0 aromatic heterocycles. The third-order valence-corrected chi connectivity index (χ3v) is 7.10. The van der Waals surface area contributed by atoms with Gasteiger partial charge in [0.05, 0.1) is 18.5 Å². The van der Waals surface area contributed by atoms with Crippen molar-refractivity contribution >= 4 is 40.8 Å². The highest BCUT2D eigenvalue weighted by molar-refractivity contribution is 6.33. The van der Waals surface area contributed by atoms with Crippen molar-refractivity contribution in [3.8, 4) is 5.75 Å². The minimum absolute atomic E-state index is 0.0284. The lowest BCUT2D eigenvalue weighted by atomic mass is 9.81. The summed E-state index contributed by atoms with van der Waals surface area (Å²) in [5, 5.41) is 3.79. The van der Waals surface area contributed by atoms with Gasteiger partial charge in [-0.15, -0.1) is 0 Å². The zero-order chi connectivity index (χ0) is 23.0. The van der Waals surface area contributed by atoms with Crippen molar-refractivity contribution in [2.75, 3.05) is 19.6 Å². The Morgan fingerprint density at radius 3 is 2.44 bits per heavy atom. The number of likely N-dealkylation sites (tertiary alicyclic amines) is 1. The normalized spacial score (nSPS) is 17.0. The first-order valence-corrected chi connectivity index (χ1v) is 11.3. The molecule has 0 saturated carbocycles. The average Bonchev–Trinajstić information content (AvgIpc) is 2.76. The van der Waals surface area contributed by atoms with E-state index in [2.05, 4.69) is 5.32 Å². The Hall–Kier alpha value is -2.57. The van der Waals surface area contributed by atoms with Crippen LogP contribution in [0.4, 0.5) is 0 Å². The number of nitrogens with zero attached hydrogens (tertiary/aromatic N) is 1. The van der Waals surface area contributed by atoms with Crippen molar-refractivity contribution in [2.24, 2.45) is 0 Å². The Morgan fingerprint density at radius 2 is 1.78 bits per heavy atom. The van der Waals surface area contributed by atoms with Crippen LogP contribution in [0.15, 0.2) is 30.3 Å². The van der Waals surface area contributed by atoms with Crippen LogP contribution in [0, 0.1) is 13.8 Å². The van der Waals surface area contributed by atoms with Crippen molar-refractivity contribution in [1.29, 1.82) is 0 Å². The molecule has 32 heavy (non-hydrogen) atoms. The van der Waals surface area contributed by atoms with Gasteiger partial charge in [-0.1, -0.05) is 23.2 Å². The number of Topliss-reactive ketones (excluding diaryl/α,β-unsaturated/α-hetero) is 1. The Kier molecular flexibility index (Phi) is 6.19. The van der Waals surface area contributed by atoms with Gasteiger partial charge in [-0.3, -0.25) is 14.4 Å². The van der Waals surface area contributed by atoms with E-state index >= 15 is 0 Å². The van der Waals surface area contributed by atoms with E-state index in [1.165, 1.54) is 0 Å². The fourth-order valence-electron chi connectivity index (χ4n) is 4.41. The molecule has 0 bridgehead atoms. The van der Waals surface area contributed by atoms with Gasteiger partial charge in [0.2, 0.25) is 5.91 Å². The second kappa shape index (κ2) is 8.75. The molecule has 0 radical (unpaired) electrons. The second-order valence-electron chi connectivity index (χ2n) is 8.46. The number of aryl methyl sites for hydroxylation is 1. The molecule has 2 aliphatic heterocycles. The van der Waals surface area contributed by atoms with Crippen LogP contribution in [0.2, 0.25) is 10.0 Å². The van der Waals surface area contributed by atoms with Crippen LogP contribution in [0.3, 0.4) is 0 Å². The summed E-state index contributed by atoms with van der Waals surface area (Å²) in [6.45, 7) is 4.57. The second-order valence-corrected chi connectivity index (χ2v) is 9.28. The molecule has 0 aliphatic carbocycles. The lowest BCUT2D eigenvalue weighted by Crippen LogP contribution is -2.53. The third kappa shape index (κ3) is 4.34. The largest absolute Gasteiger partial charge is 0.486 e. The van der Waals surface area contributed by atoms with Crippen LogP contribution in [0.1, 0.15) is 51.1 Å². The van der Waals surface area contributed by atoms with Gasteiger partial charge in [0, 0.05) is 41.5 Å². The molecule has 0 atom stereocenters. The summed E-state index contributed by atoms with van der Waals surface area (Å²) in [4.78, 5) is 39.5. The number of piperidine rings is 1. The summed E-state index contributed by atoms with van der Waals surface area (Å²) in [5.41, 5.74) is 2.02. The summed E-state index contributed by atoms with van der Waals surface area (Å²) in [6, 6.07) is 8.30. The number of halogens is 2. The van der Waals surface area contributed by atoms with Crippen molar-refractivity contribution in [1.82, 2.24) is 10.2 Å². The zero-order valence-electron chi connectivity index (χ0n) is 18.0. The number of ether oxygens (including phenoxy) is 1. The number of hydrogen-bond acceptors (Lipinski definition) is 4. The van der Waals surface area contributed by atoms with Gasteiger partial charge < -0.3 is 15.0 Å². The minimum atomic E-state index is -0.611. The number of hydrogen-bond donors (Lipinski definition) is 1. The monoisotopic (exact) mass is 474 g/mol. The quantitative estimate of drug-likeness (QED) is 0.716. The van der Waals surface area contributed by atoms with Gasteiger partial charge >= 0.3 is 0 Å². The standard InChI is InChI=1S/C24H24Cl2N2O4/c1-14-11-19-21(15(2)22(14)26)18(29)12-24(32-19)7-9-28(10-8-24)20(30)13-27-23(31)16-3-5-17(25)6-4-16/h3-6,11H,7-10,12-13H2,1-2H3,(H,27,31). The number of rotatable bonds is 3. The number of carbonyl (C=O) groups excluding carboxylic acids is 3. The summed E-state index contributed by atoms with van der Waals surface area (Å²) < 4.78 is 6.34. The first-order valence-electron chi connectivity index (χ1n) is 10.5. The van der Waals surface area contributed by atoms with Crippen molar-refractivity contribution in [2.45, 2.75) is 38.7 Å². The van der Waals surface area contributed by atoms with Gasteiger partial charge in [-0.2, -0.15) is 0 Å². The highest BCUT2D eigenvalue weighted by Gasteiger charge is 2.44. The molecule has 2 amide bonds. The highest BCUT2D eigenvalue weighted by Crippen LogP contribution is 2.43. The van der Waals surface area contributed by atoms with Gasteiger partial charge in [0.15, 0.2) is 5.78 Å². The number of nitrogens with one attached hydrogen (secondary N) is 1. The van der Waals surface area contributed by atoms with Crippen LogP contribution >= 0.6 is 23.2 Å². The van der Waals surface area contributed by atoms with Gasteiger partial charge in [0.25, 0.3) is 5.91 Å². The molecule has 2 aromatic carbocycles. The predicted octanol–water partition coefficient (Wildman–Crippen LogP) is 4.37. The van der Waals surface area contributed by atoms with Crippen molar-refractivity contribution in [3.63, 3.8) is 0 Å². The molecule has 2 aliphatic rings. The maximum atomic E-state index is 12.9. The number of benzene rings is 2. The van der Waals surface area contributed by atoms with Crippen LogP contribution in [-0.4, -0.2) is 47.7 Å². The molecule has 0 unspecified atom stereocenters. The molecular weight excluding hydrogens is 451 g/mol. The maximum Gasteiger partial charge on any atom is 0.251 e. The summed E-state index contributed by atoms with van der Waals surface area (Å²) in [5.74, 6) is 0.116. The van der Waals surface area contributed by atoms with Crippen molar-refractivity contribution in [3.05, 3.63) is 62.6 Å². The van der Waals surface area contributed by atoms with E-state index in [0.29, 0.717) is 52.9 Å². The lowest BCUT2D eigenvalue weighted by molar-refractivity contribution is -0.133. The van der Waals surface area contributed by atoms with Crippen LogP contribution in [-0.2, 0) is 4.79 Å². The fraction of sp³-hybridized carbons (Fsp3) is 0.375. The molecule has 8 heteroatoms. The summed E-state index contributed by atoms with van der Waals surface area (Å²) in [7, 11) is 0. The molecule has 1 saturated heterocycles. The van der Waals surface area contributed by atoms with E-state index in [1.807, 2.05) is 19.9 Å². The smallest absolute Gasteiger partial charge is 0.251 e. The number of ketones is 1. The summed E-state index contributed by atoms with van der Waals surface area (Å²) >= 11 is 12.2. The fourth-order valence-corrected chi connectivity index (χ4v) is 4.69. The highest BCUT2D eigenvalue weighted by atomic mass is 35.5. The first kappa shape index (κ1) is 22.6. The molecule has 1 N–H and O–H groups in total. The molecule has 2 heterocycles. The van der Waals surface area contributed by atoms with E-state index < -0.39 is 5.60 Å². The Morgan fingerprint density at radius 1 is 1.12 bits per heavy atom. The van der Waals surface area contributed by atoms with Gasteiger partial charge in [-0.05, 0) is 55.3 Å². The zero-order valence-corrected chi connectivity index (χ0v) is 19.5. The Balaban J connectivity index is 1.36. The van der Waals surface area contributed by atoms with E-state index in [-0.39, 0.29) is 30.6 Å². The van der Waals surface area contributed by atoms with Crippen LogP contribution in [0.25, 0.3) is 0 Å². The SMILES string of the molecule is Cc1cc2c(c(C)c1Cl)C(=O)CC1(CCN(C(=O)CNC(=O)c3ccc(Cl)cc3)CC1)O2. The molecule has 168 valence electrons. The number of carbonyl (C=O) groups is 3. The van der Waals surface area contributed by atoms with Gasteiger partial charge in [-0.25, -0.2) is 0 Å².